The highest BCUT2D eigenvalue weighted by Gasteiger charge is 2.40. The summed E-state index contributed by atoms with van der Waals surface area (Å²) in [7, 11) is 0. The predicted octanol–water partition coefficient (Wildman–Crippen LogP) is 4.44. The Morgan fingerprint density at radius 3 is 2.58 bits per heavy atom. The van der Waals surface area contributed by atoms with Crippen LogP contribution in [0.4, 0.5) is 8.78 Å². The molecule has 0 spiro atoms. The number of hydrogen-bond acceptors (Lipinski definition) is 1. The average molecular weight is 286 g/mol. The van der Waals surface area contributed by atoms with Gasteiger partial charge in [-0.25, -0.2) is 8.78 Å². The first-order valence-electron chi connectivity index (χ1n) is 6.94. The molecule has 1 aromatic rings. The van der Waals surface area contributed by atoms with Gasteiger partial charge in [-0.15, -0.1) is 0 Å². The number of benzene rings is 1. The molecule has 2 aliphatic rings. The molecule has 0 aliphatic heterocycles. The molecule has 0 heterocycles. The van der Waals surface area contributed by atoms with E-state index in [0.717, 1.165) is 30.4 Å². The number of fused-ring (bicyclic) bond motifs is 2. The largest absolute Gasteiger partial charge is 0.324 e. The van der Waals surface area contributed by atoms with Crippen molar-refractivity contribution in [1.82, 2.24) is 0 Å². The molecule has 2 aliphatic carbocycles. The second-order valence-electron chi connectivity index (χ2n) is 6.06. The molecule has 1 aromatic carbocycles. The summed E-state index contributed by atoms with van der Waals surface area (Å²) < 4.78 is 26.3. The maximum absolute atomic E-state index is 13.3. The predicted molar refractivity (Wildman–Crippen MR) is 71.9 cm³/mol. The minimum absolute atomic E-state index is 0.231. The second-order valence-corrected chi connectivity index (χ2v) is 6.47. The molecular weight excluding hydrogens is 268 g/mol. The fraction of sp³-hybridized carbons (Fsp3) is 0.600. The van der Waals surface area contributed by atoms with Crippen LogP contribution in [0, 0.1) is 29.4 Å². The van der Waals surface area contributed by atoms with Gasteiger partial charge in [-0.2, -0.15) is 0 Å². The van der Waals surface area contributed by atoms with Crippen molar-refractivity contribution >= 4 is 11.6 Å². The summed E-state index contributed by atoms with van der Waals surface area (Å²) in [6, 6.07) is 1.87. The summed E-state index contributed by atoms with van der Waals surface area (Å²) in [5.74, 6) is 0.476. The van der Waals surface area contributed by atoms with E-state index in [9.17, 15) is 8.78 Å². The lowest BCUT2D eigenvalue weighted by Gasteiger charge is -2.25. The Labute approximate surface area is 117 Å². The van der Waals surface area contributed by atoms with Crippen LogP contribution in [0.15, 0.2) is 12.1 Å². The lowest BCUT2D eigenvalue weighted by molar-refractivity contribution is 0.296. The molecule has 2 N–H and O–H groups in total. The summed E-state index contributed by atoms with van der Waals surface area (Å²) in [5, 5.41) is 0.231. The Bertz CT molecular complexity index is 491. The molecule has 0 saturated heterocycles. The number of rotatable bonds is 3. The summed E-state index contributed by atoms with van der Waals surface area (Å²) in [4.78, 5) is 0. The first-order valence-corrected chi connectivity index (χ1v) is 7.32. The van der Waals surface area contributed by atoms with Crippen LogP contribution < -0.4 is 5.73 Å². The zero-order valence-corrected chi connectivity index (χ0v) is 11.5. The zero-order chi connectivity index (χ0) is 13.6. The van der Waals surface area contributed by atoms with Crippen molar-refractivity contribution in [3.05, 3.63) is 34.4 Å². The molecule has 2 fully saturated rings. The number of nitrogens with two attached hydrogens (primary N) is 1. The standard InChI is InChI=1S/C15H18ClF2N/c16-12-7-14(18)13(17)6-11(12)15(19)5-10-4-8-1-2-9(10)3-8/h6-10,15H,1-5,19H2. The van der Waals surface area contributed by atoms with Gasteiger partial charge in [0.05, 0.1) is 0 Å². The third kappa shape index (κ3) is 2.50. The van der Waals surface area contributed by atoms with E-state index in [1.807, 2.05) is 0 Å². The van der Waals surface area contributed by atoms with Gasteiger partial charge in [0.15, 0.2) is 11.6 Å². The van der Waals surface area contributed by atoms with Crippen molar-refractivity contribution in [3.63, 3.8) is 0 Å². The zero-order valence-electron chi connectivity index (χ0n) is 10.7. The van der Waals surface area contributed by atoms with Crippen LogP contribution in [0.3, 0.4) is 0 Å². The van der Waals surface area contributed by atoms with E-state index in [2.05, 4.69) is 0 Å². The van der Waals surface area contributed by atoms with E-state index >= 15 is 0 Å². The number of halogens is 3. The van der Waals surface area contributed by atoms with E-state index in [0.29, 0.717) is 11.5 Å². The van der Waals surface area contributed by atoms with Crippen LogP contribution in [-0.4, -0.2) is 0 Å². The van der Waals surface area contributed by atoms with Crippen molar-refractivity contribution in [3.8, 4) is 0 Å². The fourth-order valence-electron chi connectivity index (χ4n) is 3.94. The molecule has 1 nitrogen and oxygen atoms in total. The van der Waals surface area contributed by atoms with Crippen LogP contribution in [0.1, 0.15) is 43.7 Å². The molecule has 104 valence electrons. The van der Waals surface area contributed by atoms with Crippen molar-refractivity contribution in [1.29, 1.82) is 0 Å². The van der Waals surface area contributed by atoms with Gasteiger partial charge in [0.2, 0.25) is 0 Å². The van der Waals surface area contributed by atoms with Crippen LogP contribution >= 0.6 is 11.6 Å². The smallest absolute Gasteiger partial charge is 0.160 e. The molecule has 2 bridgehead atoms. The first kappa shape index (κ1) is 13.3. The molecule has 4 heteroatoms. The Morgan fingerprint density at radius 2 is 1.95 bits per heavy atom. The van der Waals surface area contributed by atoms with Crippen molar-refractivity contribution in [2.75, 3.05) is 0 Å². The average Bonchev–Trinajstić information content (AvgIpc) is 2.95. The Morgan fingerprint density at radius 1 is 1.21 bits per heavy atom. The second kappa shape index (κ2) is 5.02. The third-order valence-electron chi connectivity index (χ3n) is 4.88. The van der Waals surface area contributed by atoms with Crippen molar-refractivity contribution < 1.29 is 8.78 Å². The van der Waals surface area contributed by atoms with E-state index in [-0.39, 0.29) is 11.1 Å². The van der Waals surface area contributed by atoms with E-state index in [1.54, 1.807) is 0 Å². The molecule has 0 aromatic heterocycles. The van der Waals surface area contributed by atoms with Crippen molar-refractivity contribution in [2.45, 2.75) is 38.1 Å². The van der Waals surface area contributed by atoms with Gasteiger partial charge in [0.25, 0.3) is 0 Å². The highest BCUT2D eigenvalue weighted by Crippen LogP contribution is 2.50. The summed E-state index contributed by atoms with van der Waals surface area (Å²) in [6.45, 7) is 0. The molecular formula is C15H18ClF2N. The molecule has 19 heavy (non-hydrogen) atoms. The van der Waals surface area contributed by atoms with Crippen LogP contribution in [0.2, 0.25) is 5.02 Å². The minimum Gasteiger partial charge on any atom is -0.324 e. The van der Waals surface area contributed by atoms with Gasteiger partial charge in [0, 0.05) is 11.1 Å². The molecule has 4 atom stereocenters. The first-order chi connectivity index (χ1) is 9.04. The Balaban J connectivity index is 1.73. The molecule has 4 unspecified atom stereocenters. The SMILES string of the molecule is NC(CC1CC2CCC1C2)c1cc(F)c(F)cc1Cl. The summed E-state index contributed by atoms with van der Waals surface area (Å²) >= 11 is 5.97. The number of hydrogen-bond donors (Lipinski definition) is 1. The van der Waals surface area contributed by atoms with Crippen LogP contribution in [-0.2, 0) is 0 Å². The van der Waals surface area contributed by atoms with E-state index in [1.165, 1.54) is 25.7 Å². The van der Waals surface area contributed by atoms with Crippen LogP contribution in [0.25, 0.3) is 0 Å². The molecule has 0 radical (unpaired) electrons. The van der Waals surface area contributed by atoms with Gasteiger partial charge in [-0.05, 0) is 61.1 Å². The Kier molecular flexibility index (Phi) is 3.52. The maximum atomic E-state index is 13.3. The lowest BCUT2D eigenvalue weighted by Crippen LogP contribution is -2.20. The van der Waals surface area contributed by atoms with Crippen LogP contribution in [0.5, 0.6) is 0 Å². The summed E-state index contributed by atoms with van der Waals surface area (Å²) in [6.07, 6.45) is 6.03. The van der Waals surface area contributed by atoms with Gasteiger partial charge in [-0.3, -0.25) is 0 Å². The summed E-state index contributed by atoms with van der Waals surface area (Å²) in [5.41, 5.74) is 6.68. The molecule has 3 rings (SSSR count). The van der Waals surface area contributed by atoms with Gasteiger partial charge in [-0.1, -0.05) is 18.0 Å². The molecule has 2 saturated carbocycles. The lowest BCUT2D eigenvalue weighted by atomic mass is 9.83. The van der Waals surface area contributed by atoms with Gasteiger partial charge >= 0.3 is 0 Å². The minimum atomic E-state index is -0.916. The topological polar surface area (TPSA) is 26.0 Å². The quantitative estimate of drug-likeness (QED) is 0.816. The van der Waals surface area contributed by atoms with E-state index < -0.39 is 11.6 Å². The maximum Gasteiger partial charge on any atom is 0.160 e. The highest BCUT2D eigenvalue weighted by molar-refractivity contribution is 6.31. The molecule has 0 amide bonds. The third-order valence-corrected chi connectivity index (χ3v) is 5.21. The Hall–Kier alpha value is -0.670. The highest BCUT2D eigenvalue weighted by atomic mass is 35.5. The normalized spacial score (nSPS) is 30.8. The van der Waals surface area contributed by atoms with E-state index in [4.69, 9.17) is 17.3 Å². The fourth-order valence-corrected chi connectivity index (χ4v) is 4.23. The van der Waals surface area contributed by atoms with Gasteiger partial charge < -0.3 is 5.73 Å². The van der Waals surface area contributed by atoms with Gasteiger partial charge in [0.1, 0.15) is 0 Å². The monoisotopic (exact) mass is 285 g/mol. The van der Waals surface area contributed by atoms with Crippen molar-refractivity contribution in [2.24, 2.45) is 23.5 Å².